The first-order chi connectivity index (χ1) is 4.22. The van der Waals surface area contributed by atoms with Gasteiger partial charge in [-0.15, -0.1) is 0 Å². The van der Waals surface area contributed by atoms with E-state index in [9.17, 15) is 0 Å². The molecule has 1 fully saturated rings. The van der Waals surface area contributed by atoms with Crippen LogP contribution in [0.4, 0.5) is 0 Å². The number of aliphatic hydroxyl groups is 1. The third-order valence-electron chi connectivity index (χ3n) is 1.99. The predicted molar refractivity (Wildman–Crippen MR) is 36.8 cm³/mol. The molecular weight excluding hydrogens is 114 g/mol. The van der Waals surface area contributed by atoms with E-state index in [1.54, 1.807) is 0 Å². The maximum atomic E-state index is 9.04. The molecule has 2 unspecified atom stereocenters. The molecule has 2 nitrogen and oxygen atoms in total. The molecule has 2 heteroatoms. The van der Waals surface area contributed by atoms with Gasteiger partial charge in [0.05, 0.1) is 0 Å². The summed E-state index contributed by atoms with van der Waals surface area (Å²) in [7, 11) is 0. The zero-order valence-corrected chi connectivity index (χ0v) is 5.88. The van der Waals surface area contributed by atoms with Crippen LogP contribution >= 0.6 is 0 Å². The van der Waals surface area contributed by atoms with Crippen molar-refractivity contribution >= 4 is 0 Å². The van der Waals surface area contributed by atoms with Crippen molar-refractivity contribution in [1.29, 1.82) is 0 Å². The van der Waals surface area contributed by atoms with Crippen molar-refractivity contribution in [2.75, 3.05) is 6.54 Å². The SMILES string of the molecule is [CH2]C(O)N1CCCC1C. The maximum Gasteiger partial charge on any atom is 0.107 e. The fraction of sp³-hybridized carbons (Fsp3) is 0.857. The highest BCUT2D eigenvalue weighted by atomic mass is 16.3. The maximum absolute atomic E-state index is 9.04. The Morgan fingerprint density at radius 2 is 2.44 bits per heavy atom. The van der Waals surface area contributed by atoms with Crippen LogP contribution in [0.1, 0.15) is 19.8 Å². The van der Waals surface area contributed by atoms with Crippen LogP contribution in [0.2, 0.25) is 0 Å². The smallest absolute Gasteiger partial charge is 0.107 e. The van der Waals surface area contributed by atoms with Crippen molar-refractivity contribution in [3.63, 3.8) is 0 Å². The van der Waals surface area contributed by atoms with E-state index in [1.165, 1.54) is 12.8 Å². The molecule has 0 aromatic heterocycles. The zero-order valence-electron chi connectivity index (χ0n) is 5.88. The van der Waals surface area contributed by atoms with Gasteiger partial charge in [-0.25, -0.2) is 0 Å². The van der Waals surface area contributed by atoms with Crippen molar-refractivity contribution < 1.29 is 5.11 Å². The molecule has 1 heterocycles. The molecule has 0 spiro atoms. The molecule has 0 amide bonds. The molecule has 0 aromatic carbocycles. The molecule has 1 saturated heterocycles. The average Bonchev–Trinajstić information content (AvgIpc) is 2.13. The molecule has 0 bridgehead atoms. The summed E-state index contributed by atoms with van der Waals surface area (Å²) < 4.78 is 0. The summed E-state index contributed by atoms with van der Waals surface area (Å²) in [5.74, 6) is 0. The van der Waals surface area contributed by atoms with Crippen molar-refractivity contribution in [1.82, 2.24) is 4.90 Å². The Labute approximate surface area is 56.5 Å². The Kier molecular flexibility index (Phi) is 2.09. The first-order valence-electron chi connectivity index (χ1n) is 3.48. The third-order valence-corrected chi connectivity index (χ3v) is 1.99. The van der Waals surface area contributed by atoms with E-state index in [2.05, 4.69) is 13.8 Å². The molecule has 1 rings (SSSR count). The van der Waals surface area contributed by atoms with Gasteiger partial charge in [0.25, 0.3) is 0 Å². The van der Waals surface area contributed by atoms with Crippen molar-refractivity contribution in [2.45, 2.75) is 32.0 Å². The number of rotatable bonds is 1. The van der Waals surface area contributed by atoms with E-state index in [1.807, 2.05) is 4.90 Å². The minimum atomic E-state index is -0.498. The second kappa shape index (κ2) is 2.67. The minimum Gasteiger partial charge on any atom is -0.378 e. The molecule has 1 N–H and O–H groups in total. The Morgan fingerprint density at radius 1 is 1.78 bits per heavy atom. The molecule has 2 atom stereocenters. The lowest BCUT2D eigenvalue weighted by molar-refractivity contribution is 0.0349. The molecule has 1 radical (unpaired) electrons. The summed E-state index contributed by atoms with van der Waals surface area (Å²) in [6, 6.07) is 0.525. The van der Waals surface area contributed by atoms with Gasteiger partial charge < -0.3 is 5.11 Å². The molecule has 9 heavy (non-hydrogen) atoms. The molecule has 1 aliphatic rings. The highest BCUT2D eigenvalue weighted by molar-refractivity contribution is 4.77. The van der Waals surface area contributed by atoms with Crippen LogP contribution in [0, 0.1) is 6.92 Å². The second-order valence-corrected chi connectivity index (χ2v) is 2.71. The summed E-state index contributed by atoms with van der Waals surface area (Å²) in [6.45, 7) is 6.68. The molecule has 0 saturated carbocycles. The Balaban J connectivity index is 2.40. The Bertz CT molecular complexity index is 92.9. The first-order valence-corrected chi connectivity index (χ1v) is 3.48. The van der Waals surface area contributed by atoms with E-state index in [4.69, 9.17) is 5.11 Å². The molecule has 53 valence electrons. The fourth-order valence-corrected chi connectivity index (χ4v) is 1.40. The van der Waals surface area contributed by atoms with Gasteiger partial charge in [0.2, 0.25) is 0 Å². The van der Waals surface area contributed by atoms with Gasteiger partial charge in [-0.3, -0.25) is 4.90 Å². The fourth-order valence-electron chi connectivity index (χ4n) is 1.40. The van der Waals surface area contributed by atoms with Gasteiger partial charge in [-0.1, -0.05) is 0 Å². The van der Waals surface area contributed by atoms with E-state index >= 15 is 0 Å². The van der Waals surface area contributed by atoms with E-state index in [-0.39, 0.29) is 0 Å². The van der Waals surface area contributed by atoms with Crippen LogP contribution in [0.15, 0.2) is 0 Å². The van der Waals surface area contributed by atoms with Crippen LogP contribution in [-0.2, 0) is 0 Å². The van der Waals surface area contributed by atoms with E-state index in [0.717, 1.165) is 6.54 Å². The van der Waals surface area contributed by atoms with Crippen molar-refractivity contribution in [2.24, 2.45) is 0 Å². The largest absolute Gasteiger partial charge is 0.378 e. The lowest BCUT2D eigenvalue weighted by Gasteiger charge is -2.23. The van der Waals surface area contributed by atoms with Crippen LogP contribution in [-0.4, -0.2) is 28.8 Å². The van der Waals surface area contributed by atoms with Crippen LogP contribution in [0.5, 0.6) is 0 Å². The first kappa shape index (κ1) is 7.03. The Morgan fingerprint density at radius 3 is 2.67 bits per heavy atom. The summed E-state index contributed by atoms with van der Waals surface area (Å²) >= 11 is 0. The van der Waals surface area contributed by atoms with Crippen molar-refractivity contribution in [3.8, 4) is 0 Å². The van der Waals surface area contributed by atoms with Crippen molar-refractivity contribution in [3.05, 3.63) is 6.92 Å². The monoisotopic (exact) mass is 128 g/mol. The predicted octanol–water partition coefficient (Wildman–Crippen LogP) is 0.623. The second-order valence-electron chi connectivity index (χ2n) is 2.71. The Hall–Kier alpha value is -0.0800. The van der Waals surface area contributed by atoms with Gasteiger partial charge in [-0.2, -0.15) is 0 Å². The van der Waals surface area contributed by atoms with Gasteiger partial charge in [0.1, 0.15) is 6.23 Å². The summed E-state index contributed by atoms with van der Waals surface area (Å²) in [5, 5.41) is 9.04. The average molecular weight is 128 g/mol. The van der Waals surface area contributed by atoms with E-state index in [0.29, 0.717) is 6.04 Å². The quantitative estimate of drug-likeness (QED) is 0.559. The molecule has 0 aromatic rings. The standard InChI is InChI=1S/C7H14NO/c1-6-4-3-5-8(6)7(2)9/h6-7,9H,2-5H2,1H3. The lowest BCUT2D eigenvalue weighted by atomic mass is 10.2. The van der Waals surface area contributed by atoms with Crippen LogP contribution < -0.4 is 0 Å². The van der Waals surface area contributed by atoms with Crippen LogP contribution in [0.25, 0.3) is 0 Å². The normalized spacial score (nSPS) is 33.0. The minimum absolute atomic E-state index is 0.498. The number of hydrogen-bond donors (Lipinski definition) is 1. The van der Waals surface area contributed by atoms with E-state index < -0.39 is 6.23 Å². The van der Waals surface area contributed by atoms with Crippen LogP contribution in [0.3, 0.4) is 0 Å². The van der Waals surface area contributed by atoms with Gasteiger partial charge in [0.15, 0.2) is 0 Å². The number of nitrogens with zero attached hydrogens (tertiary/aromatic N) is 1. The van der Waals surface area contributed by atoms with Gasteiger partial charge in [-0.05, 0) is 26.7 Å². The number of aliphatic hydroxyl groups excluding tert-OH is 1. The summed E-state index contributed by atoms with van der Waals surface area (Å²) in [6.07, 6.45) is 1.91. The zero-order chi connectivity index (χ0) is 6.85. The third kappa shape index (κ3) is 1.43. The topological polar surface area (TPSA) is 23.5 Å². The molecular formula is C7H14NO. The molecule has 0 aliphatic carbocycles. The number of hydrogen-bond acceptors (Lipinski definition) is 2. The van der Waals surface area contributed by atoms with Gasteiger partial charge >= 0.3 is 0 Å². The summed E-state index contributed by atoms with van der Waals surface area (Å²) in [4.78, 5) is 2.01. The van der Waals surface area contributed by atoms with Gasteiger partial charge in [0, 0.05) is 12.6 Å². The lowest BCUT2D eigenvalue weighted by Crippen LogP contribution is -2.35. The molecule has 1 aliphatic heterocycles. The highest BCUT2D eigenvalue weighted by Crippen LogP contribution is 2.17. The number of likely N-dealkylation sites (tertiary alicyclic amines) is 1. The highest BCUT2D eigenvalue weighted by Gasteiger charge is 2.22. The summed E-state index contributed by atoms with van der Waals surface area (Å²) in [5.41, 5.74) is 0.